The summed E-state index contributed by atoms with van der Waals surface area (Å²) < 4.78 is 3.31. The zero-order valence-electron chi connectivity index (χ0n) is 14.2. The Morgan fingerprint density at radius 3 is 2.84 bits per heavy atom. The van der Waals surface area contributed by atoms with Crippen molar-refractivity contribution < 1.29 is 0 Å². The fourth-order valence-electron chi connectivity index (χ4n) is 3.13. The van der Waals surface area contributed by atoms with E-state index in [0.717, 1.165) is 13.1 Å². The molecule has 0 saturated carbocycles. The Hall–Kier alpha value is -2.43. The second-order valence-corrected chi connectivity index (χ2v) is 7.22. The lowest BCUT2D eigenvalue weighted by Gasteiger charge is -2.14. The zero-order chi connectivity index (χ0) is 17.1. The van der Waals surface area contributed by atoms with E-state index >= 15 is 0 Å². The minimum absolute atomic E-state index is 0.325. The lowest BCUT2D eigenvalue weighted by molar-refractivity contribution is 0.578. The van der Waals surface area contributed by atoms with Crippen LogP contribution in [-0.2, 0) is 13.1 Å². The number of benzene rings is 2. The molecule has 4 rings (SSSR count). The molecule has 4 heteroatoms. The summed E-state index contributed by atoms with van der Waals surface area (Å²) >= 11 is 1.82. The molecule has 0 aliphatic carbocycles. The number of rotatable bonds is 6. The highest BCUT2D eigenvalue weighted by atomic mass is 32.1. The maximum absolute atomic E-state index is 4.28. The van der Waals surface area contributed by atoms with Gasteiger partial charge in [-0.3, -0.25) is 4.68 Å². The van der Waals surface area contributed by atoms with Gasteiger partial charge in [-0.25, -0.2) is 0 Å². The highest BCUT2D eigenvalue weighted by molar-refractivity contribution is 7.17. The Kier molecular flexibility index (Phi) is 4.63. The van der Waals surface area contributed by atoms with Crippen molar-refractivity contribution in [3.8, 4) is 0 Å². The van der Waals surface area contributed by atoms with Crippen molar-refractivity contribution in [1.29, 1.82) is 0 Å². The average Bonchev–Trinajstić information content (AvgIpc) is 3.29. The van der Waals surface area contributed by atoms with Crippen LogP contribution in [0.2, 0.25) is 0 Å². The summed E-state index contributed by atoms with van der Waals surface area (Å²) in [6.45, 7) is 3.91. The van der Waals surface area contributed by atoms with Crippen LogP contribution in [-0.4, -0.2) is 9.78 Å². The van der Waals surface area contributed by atoms with Gasteiger partial charge in [0.25, 0.3) is 0 Å². The van der Waals surface area contributed by atoms with Crippen LogP contribution < -0.4 is 5.32 Å². The van der Waals surface area contributed by atoms with Gasteiger partial charge < -0.3 is 5.32 Å². The Labute approximate surface area is 151 Å². The molecule has 0 aliphatic heterocycles. The Morgan fingerprint density at radius 2 is 1.96 bits per heavy atom. The van der Waals surface area contributed by atoms with Crippen LogP contribution in [0.4, 0.5) is 0 Å². The summed E-state index contributed by atoms with van der Waals surface area (Å²) in [5.41, 5.74) is 3.96. The molecule has 126 valence electrons. The lowest BCUT2D eigenvalue weighted by atomic mass is 10.1. The molecule has 2 aromatic heterocycles. The molecule has 0 saturated heterocycles. The van der Waals surface area contributed by atoms with E-state index in [9.17, 15) is 0 Å². The molecule has 0 aliphatic rings. The van der Waals surface area contributed by atoms with Gasteiger partial charge in [0, 0.05) is 29.7 Å². The van der Waals surface area contributed by atoms with E-state index in [1.165, 1.54) is 26.8 Å². The van der Waals surface area contributed by atoms with Crippen LogP contribution in [0, 0.1) is 0 Å². The van der Waals surface area contributed by atoms with E-state index in [1.54, 1.807) is 0 Å². The predicted octanol–water partition coefficient (Wildman–Crippen LogP) is 5.00. The van der Waals surface area contributed by atoms with E-state index in [2.05, 4.69) is 71.3 Å². The number of hydrogen-bond acceptors (Lipinski definition) is 3. The standard InChI is InChI=1S/C21H21N3S/c1-16(20-15-25-21-9-3-2-8-19(20)21)22-13-17-6-4-7-18(12-17)14-24-11-5-10-23-24/h2-12,15-16,22H,13-14H2,1H3. The van der Waals surface area contributed by atoms with E-state index in [4.69, 9.17) is 0 Å². The monoisotopic (exact) mass is 347 g/mol. The number of fused-ring (bicyclic) bond motifs is 1. The van der Waals surface area contributed by atoms with Crippen molar-refractivity contribution in [2.45, 2.75) is 26.1 Å². The number of aromatic nitrogens is 2. The summed E-state index contributed by atoms with van der Waals surface area (Å²) in [7, 11) is 0. The van der Waals surface area contributed by atoms with Crippen LogP contribution in [0.15, 0.2) is 72.4 Å². The molecule has 2 aromatic carbocycles. The molecule has 0 radical (unpaired) electrons. The Bertz CT molecular complexity index is 956. The molecule has 0 spiro atoms. The first-order valence-corrected chi connectivity index (χ1v) is 9.42. The van der Waals surface area contributed by atoms with Crippen LogP contribution in [0.5, 0.6) is 0 Å². The summed E-state index contributed by atoms with van der Waals surface area (Å²) in [6.07, 6.45) is 3.81. The molecule has 3 nitrogen and oxygen atoms in total. The van der Waals surface area contributed by atoms with E-state index in [-0.39, 0.29) is 0 Å². The lowest BCUT2D eigenvalue weighted by Crippen LogP contribution is -2.18. The Morgan fingerprint density at radius 1 is 1.08 bits per heavy atom. The van der Waals surface area contributed by atoms with Crippen LogP contribution in [0.3, 0.4) is 0 Å². The van der Waals surface area contributed by atoms with Crippen molar-refractivity contribution in [3.05, 3.63) is 89.1 Å². The Balaban J connectivity index is 1.44. The van der Waals surface area contributed by atoms with Crippen molar-refractivity contribution in [2.75, 3.05) is 0 Å². The minimum atomic E-state index is 0.325. The number of nitrogens with zero attached hydrogens (tertiary/aromatic N) is 2. The molecule has 25 heavy (non-hydrogen) atoms. The second kappa shape index (κ2) is 7.21. The molecule has 0 amide bonds. The number of hydrogen-bond donors (Lipinski definition) is 1. The largest absolute Gasteiger partial charge is 0.306 e. The SMILES string of the molecule is CC(NCc1cccc(Cn2cccn2)c1)c1csc2ccccc12. The summed E-state index contributed by atoms with van der Waals surface area (Å²) in [6, 6.07) is 19.6. The minimum Gasteiger partial charge on any atom is -0.306 e. The van der Waals surface area contributed by atoms with Gasteiger partial charge in [0.1, 0.15) is 0 Å². The molecule has 0 fully saturated rings. The predicted molar refractivity (Wildman–Crippen MR) is 105 cm³/mol. The maximum Gasteiger partial charge on any atom is 0.0659 e. The van der Waals surface area contributed by atoms with Gasteiger partial charge >= 0.3 is 0 Å². The fraction of sp³-hybridized carbons (Fsp3) is 0.190. The molecule has 1 unspecified atom stereocenters. The molecular weight excluding hydrogens is 326 g/mol. The fourth-order valence-corrected chi connectivity index (χ4v) is 4.19. The second-order valence-electron chi connectivity index (χ2n) is 6.31. The van der Waals surface area contributed by atoms with Crippen LogP contribution in [0.25, 0.3) is 10.1 Å². The van der Waals surface area contributed by atoms with E-state index in [1.807, 2.05) is 34.5 Å². The van der Waals surface area contributed by atoms with Gasteiger partial charge in [-0.05, 0) is 46.5 Å². The molecule has 0 bridgehead atoms. The van der Waals surface area contributed by atoms with E-state index < -0.39 is 0 Å². The zero-order valence-corrected chi connectivity index (χ0v) is 15.0. The number of nitrogens with one attached hydrogen (secondary N) is 1. The van der Waals surface area contributed by atoms with Gasteiger partial charge in [0.15, 0.2) is 0 Å². The molecule has 1 N–H and O–H groups in total. The van der Waals surface area contributed by atoms with Crippen molar-refractivity contribution in [3.63, 3.8) is 0 Å². The summed E-state index contributed by atoms with van der Waals surface area (Å²) in [4.78, 5) is 0. The van der Waals surface area contributed by atoms with Gasteiger partial charge in [-0.15, -0.1) is 11.3 Å². The summed E-state index contributed by atoms with van der Waals surface area (Å²) in [5, 5.41) is 11.6. The highest BCUT2D eigenvalue weighted by Crippen LogP contribution is 2.30. The number of thiophene rings is 1. The third kappa shape index (κ3) is 3.65. The molecule has 1 atom stereocenters. The molecule has 2 heterocycles. The topological polar surface area (TPSA) is 29.9 Å². The average molecular weight is 347 g/mol. The van der Waals surface area contributed by atoms with Crippen molar-refractivity contribution >= 4 is 21.4 Å². The maximum atomic E-state index is 4.28. The first kappa shape index (κ1) is 16.1. The molecular formula is C21H21N3S. The van der Waals surface area contributed by atoms with Gasteiger partial charge in [0.2, 0.25) is 0 Å². The highest BCUT2D eigenvalue weighted by Gasteiger charge is 2.10. The summed E-state index contributed by atoms with van der Waals surface area (Å²) in [5.74, 6) is 0. The first-order chi connectivity index (χ1) is 12.3. The quantitative estimate of drug-likeness (QED) is 0.532. The van der Waals surface area contributed by atoms with Gasteiger partial charge in [0.05, 0.1) is 6.54 Å². The molecule has 4 aromatic rings. The van der Waals surface area contributed by atoms with Crippen LogP contribution in [0.1, 0.15) is 29.7 Å². The van der Waals surface area contributed by atoms with Crippen molar-refractivity contribution in [2.24, 2.45) is 0 Å². The smallest absolute Gasteiger partial charge is 0.0659 e. The van der Waals surface area contributed by atoms with Crippen LogP contribution >= 0.6 is 11.3 Å². The van der Waals surface area contributed by atoms with Crippen molar-refractivity contribution in [1.82, 2.24) is 15.1 Å². The van der Waals surface area contributed by atoms with Gasteiger partial charge in [-0.1, -0.05) is 42.5 Å². The normalized spacial score (nSPS) is 12.5. The third-order valence-corrected chi connectivity index (χ3v) is 5.47. The first-order valence-electron chi connectivity index (χ1n) is 8.54. The van der Waals surface area contributed by atoms with E-state index in [0.29, 0.717) is 6.04 Å². The third-order valence-electron chi connectivity index (χ3n) is 4.48. The van der Waals surface area contributed by atoms with Gasteiger partial charge in [-0.2, -0.15) is 5.10 Å².